The number of carbonyl (C=O) groups excluding carboxylic acids is 3. The van der Waals surface area contributed by atoms with Crippen LogP contribution in [0.3, 0.4) is 0 Å². The zero-order valence-corrected chi connectivity index (χ0v) is 13.9. The van der Waals surface area contributed by atoms with Gasteiger partial charge in [0.25, 0.3) is 0 Å². The molecule has 9 nitrogen and oxygen atoms in total. The largest absolute Gasteiger partial charge is 0.447 e. The Hall–Kier alpha value is -3.35. The summed E-state index contributed by atoms with van der Waals surface area (Å²) in [6.07, 6.45) is 0.816. The maximum atomic E-state index is 11.6. The molecule has 1 amide bonds. The SMILES string of the molecule is C=CCOOCCOC(=O)NCc1cc(C(N)=C=O)cc(C(N)=C=O)c1. The van der Waals surface area contributed by atoms with Crippen molar-refractivity contribution in [1.82, 2.24) is 5.32 Å². The zero-order chi connectivity index (χ0) is 19.4. The quantitative estimate of drug-likeness (QED) is 0.178. The molecule has 0 saturated carbocycles. The van der Waals surface area contributed by atoms with Crippen molar-refractivity contribution in [3.63, 3.8) is 0 Å². The van der Waals surface area contributed by atoms with E-state index in [1.807, 2.05) is 0 Å². The molecule has 0 aromatic heterocycles. The normalized spacial score (nSPS) is 9.54. The van der Waals surface area contributed by atoms with Gasteiger partial charge in [0.05, 0.1) is 0 Å². The van der Waals surface area contributed by atoms with Gasteiger partial charge in [-0.1, -0.05) is 6.08 Å². The predicted molar refractivity (Wildman–Crippen MR) is 93.3 cm³/mol. The minimum absolute atomic E-state index is 0.0179. The molecule has 0 bridgehead atoms. The third-order valence-corrected chi connectivity index (χ3v) is 2.94. The average Bonchev–Trinajstić information content (AvgIpc) is 2.67. The highest BCUT2D eigenvalue weighted by Gasteiger charge is 2.08. The minimum Gasteiger partial charge on any atom is -0.447 e. The maximum Gasteiger partial charge on any atom is 0.407 e. The number of amides is 1. The molecule has 1 aromatic carbocycles. The van der Waals surface area contributed by atoms with Gasteiger partial charge >= 0.3 is 6.09 Å². The van der Waals surface area contributed by atoms with E-state index in [-0.39, 0.29) is 37.8 Å². The first kappa shape index (κ1) is 20.7. The highest BCUT2D eigenvalue weighted by molar-refractivity contribution is 5.89. The standard InChI is InChI=1S/C17H19N3O6/c1-2-3-25-26-5-4-24-17(23)20-9-12-6-13(15(18)10-21)8-14(7-12)16(19)11-22/h2,6-8H,1,3-5,9,18-19H2,(H,20,23). The Morgan fingerprint density at radius 2 is 1.69 bits per heavy atom. The molecule has 0 aliphatic heterocycles. The van der Waals surface area contributed by atoms with Crippen LogP contribution < -0.4 is 16.8 Å². The summed E-state index contributed by atoms with van der Waals surface area (Å²) in [6.45, 7) is 3.75. The lowest BCUT2D eigenvalue weighted by molar-refractivity contribution is -0.289. The van der Waals surface area contributed by atoms with Crippen LogP contribution >= 0.6 is 0 Å². The van der Waals surface area contributed by atoms with E-state index in [0.29, 0.717) is 16.7 Å². The first-order chi connectivity index (χ1) is 12.5. The highest BCUT2D eigenvalue weighted by Crippen LogP contribution is 2.17. The summed E-state index contributed by atoms with van der Waals surface area (Å²) >= 11 is 0. The monoisotopic (exact) mass is 361 g/mol. The highest BCUT2D eigenvalue weighted by atomic mass is 17.2. The Morgan fingerprint density at radius 3 is 2.23 bits per heavy atom. The molecule has 9 heteroatoms. The number of rotatable bonds is 10. The van der Waals surface area contributed by atoms with Crippen molar-refractivity contribution in [3.8, 4) is 0 Å². The van der Waals surface area contributed by atoms with Crippen LogP contribution in [-0.4, -0.2) is 37.8 Å². The van der Waals surface area contributed by atoms with Crippen LogP contribution in [0, 0.1) is 0 Å². The van der Waals surface area contributed by atoms with E-state index < -0.39 is 6.09 Å². The van der Waals surface area contributed by atoms with Gasteiger partial charge < -0.3 is 21.5 Å². The summed E-state index contributed by atoms with van der Waals surface area (Å²) in [6, 6.07) is 4.55. The number of ether oxygens (including phenoxy) is 1. The van der Waals surface area contributed by atoms with Crippen LogP contribution in [0.15, 0.2) is 30.9 Å². The van der Waals surface area contributed by atoms with Gasteiger partial charge in [-0.2, -0.15) is 0 Å². The van der Waals surface area contributed by atoms with E-state index in [0.717, 1.165) is 0 Å². The van der Waals surface area contributed by atoms with Crippen LogP contribution in [0.2, 0.25) is 0 Å². The fraction of sp³-hybridized carbons (Fsp3) is 0.235. The number of nitrogens with one attached hydrogen (secondary N) is 1. The molecule has 0 aliphatic carbocycles. The zero-order valence-electron chi connectivity index (χ0n) is 13.9. The molecule has 1 rings (SSSR count). The maximum absolute atomic E-state index is 11.6. The van der Waals surface area contributed by atoms with Crippen molar-refractivity contribution in [2.75, 3.05) is 19.8 Å². The molecule has 0 unspecified atom stereocenters. The topological polar surface area (TPSA) is 143 Å². The van der Waals surface area contributed by atoms with Gasteiger partial charge in [0.1, 0.15) is 31.2 Å². The van der Waals surface area contributed by atoms with Gasteiger partial charge in [-0.05, 0) is 23.8 Å². The molecule has 0 aliphatic rings. The van der Waals surface area contributed by atoms with Crippen molar-refractivity contribution in [3.05, 3.63) is 47.5 Å². The Morgan fingerprint density at radius 1 is 1.08 bits per heavy atom. The Labute approximate surface area is 149 Å². The Bertz CT molecular complexity index is 707. The second-order valence-electron chi connectivity index (χ2n) is 4.83. The number of nitrogens with two attached hydrogens (primary N) is 2. The van der Waals surface area contributed by atoms with E-state index in [1.165, 1.54) is 12.1 Å². The lowest BCUT2D eigenvalue weighted by Gasteiger charge is -2.10. The number of carbonyl (C=O) groups is 1. The third-order valence-electron chi connectivity index (χ3n) is 2.94. The molecule has 0 heterocycles. The Kier molecular flexibility index (Phi) is 8.95. The summed E-state index contributed by atoms with van der Waals surface area (Å²) in [5.41, 5.74) is 11.9. The fourth-order valence-electron chi connectivity index (χ4n) is 1.77. The van der Waals surface area contributed by atoms with E-state index in [1.54, 1.807) is 24.0 Å². The molecular weight excluding hydrogens is 342 g/mol. The summed E-state index contributed by atoms with van der Waals surface area (Å²) in [4.78, 5) is 42.5. The molecule has 138 valence electrons. The fourth-order valence-corrected chi connectivity index (χ4v) is 1.77. The molecule has 0 radical (unpaired) electrons. The molecule has 0 spiro atoms. The van der Waals surface area contributed by atoms with Gasteiger partial charge in [-0.25, -0.2) is 24.2 Å². The van der Waals surface area contributed by atoms with Gasteiger partial charge in [0.15, 0.2) is 11.9 Å². The van der Waals surface area contributed by atoms with Crippen LogP contribution in [0.25, 0.3) is 11.4 Å². The van der Waals surface area contributed by atoms with Gasteiger partial charge in [0.2, 0.25) is 0 Å². The second kappa shape index (κ2) is 11.2. The van der Waals surface area contributed by atoms with E-state index >= 15 is 0 Å². The van der Waals surface area contributed by atoms with Gasteiger partial charge in [-0.3, -0.25) is 0 Å². The predicted octanol–water partition coefficient (Wildman–Crippen LogP) is 0.309. The first-order valence-electron chi connectivity index (χ1n) is 7.43. The van der Waals surface area contributed by atoms with Gasteiger partial charge in [-0.15, -0.1) is 6.58 Å². The van der Waals surface area contributed by atoms with Crippen LogP contribution in [-0.2, 0) is 30.6 Å². The van der Waals surface area contributed by atoms with Crippen LogP contribution in [0.4, 0.5) is 4.79 Å². The molecule has 26 heavy (non-hydrogen) atoms. The van der Waals surface area contributed by atoms with Crippen molar-refractivity contribution >= 4 is 29.4 Å². The first-order valence-corrected chi connectivity index (χ1v) is 7.43. The lowest BCUT2D eigenvalue weighted by Crippen LogP contribution is -2.25. The molecule has 0 atom stereocenters. The van der Waals surface area contributed by atoms with E-state index in [2.05, 4.69) is 16.8 Å². The molecule has 0 fully saturated rings. The molecule has 5 N–H and O–H groups in total. The van der Waals surface area contributed by atoms with Crippen molar-refractivity contribution in [1.29, 1.82) is 0 Å². The van der Waals surface area contributed by atoms with E-state index in [9.17, 15) is 14.4 Å². The second-order valence-corrected chi connectivity index (χ2v) is 4.83. The molecule has 1 aromatic rings. The third kappa shape index (κ3) is 7.04. The summed E-state index contributed by atoms with van der Waals surface area (Å²) < 4.78 is 4.88. The number of alkyl carbamates (subject to hydrolysis) is 1. The van der Waals surface area contributed by atoms with Crippen LogP contribution in [0.1, 0.15) is 16.7 Å². The lowest BCUT2D eigenvalue weighted by atomic mass is 10.0. The number of benzene rings is 1. The summed E-state index contributed by atoms with van der Waals surface area (Å²) in [7, 11) is 0. The minimum atomic E-state index is -0.693. The van der Waals surface area contributed by atoms with Crippen molar-refractivity contribution < 1.29 is 28.9 Å². The van der Waals surface area contributed by atoms with Gasteiger partial charge in [0, 0.05) is 17.7 Å². The van der Waals surface area contributed by atoms with Crippen molar-refractivity contribution in [2.45, 2.75) is 6.54 Å². The molecular formula is C17H19N3O6. The average molecular weight is 361 g/mol. The van der Waals surface area contributed by atoms with E-state index in [4.69, 9.17) is 21.1 Å². The van der Waals surface area contributed by atoms with Crippen molar-refractivity contribution in [2.24, 2.45) is 11.5 Å². The smallest absolute Gasteiger partial charge is 0.407 e. The summed E-state index contributed by atoms with van der Waals surface area (Å²) in [5.74, 6) is 3.12. The van der Waals surface area contributed by atoms with Crippen LogP contribution in [0.5, 0.6) is 0 Å². The summed E-state index contributed by atoms with van der Waals surface area (Å²) in [5, 5.41) is 2.50. The Balaban J connectivity index is 2.65. The molecule has 0 saturated heterocycles. The number of hydrogen-bond donors (Lipinski definition) is 3. The number of hydrogen-bond acceptors (Lipinski definition) is 8.